The van der Waals surface area contributed by atoms with Crippen LogP contribution in [0.15, 0.2) is 48.1 Å². The minimum absolute atomic E-state index is 0.398. The fourth-order valence-corrected chi connectivity index (χ4v) is 4.65. The first-order chi connectivity index (χ1) is 14.2. The Morgan fingerprint density at radius 1 is 1.28 bits per heavy atom. The number of nitrogens with zero attached hydrogens (tertiary/aromatic N) is 5. The third-order valence-electron chi connectivity index (χ3n) is 5.42. The van der Waals surface area contributed by atoms with Crippen molar-refractivity contribution in [3.05, 3.63) is 54.5 Å². The first-order valence-electron chi connectivity index (χ1n) is 9.97. The highest BCUT2D eigenvalue weighted by molar-refractivity contribution is 7.99. The van der Waals surface area contributed by atoms with Gasteiger partial charge in [0, 0.05) is 37.2 Å². The zero-order valence-electron chi connectivity index (χ0n) is 17.0. The Morgan fingerprint density at radius 2 is 2.17 bits per heavy atom. The van der Waals surface area contributed by atoms with Gasteiger partial charge >= 0.3 is 0 Å². The van der Waals surface area contributed by atoms with Crippen molar-refractivity contribution in [2.24, 2.45) is 7.05 Å². The summed E-state index contributed by atoms with van der Waals surface area (Å²) in [7, 11) is 3.76. The van der Waals surface area contributed by atoms with Crippen molar-refractivity contribution in [1.29, 1.82) is 0 Å². The number of benzene rings is 1. The van der Waals surface area contributed by atoms with E-state index in [9.17, 15) is 0 Å². The maximum atomic E-state index is 5.49. The van der Waals surface area contributed by atoms with Gasteiger partial charge in [-0.1, -0.05) is 36.0 Å². The lowest BCUT2D eigenvalue weighted by molar-refractivity contribution is 0.193. The van der Waals surface area contributed by atoms with Gasteiger partial charge in [0.05, 0.1) is 12.8 Å². The van der Waals surface area contributed by atoms with Gasteiger partial charge < -0.3 is 9.30 Å². The summed E-state index contributed by atoms with van der Waals surface area (Å²) in [6, 6.07) is 10.3. The molecule has 0 saturated carbocycles. The van der Waals surface area contributed by atoms with Gasteiger partial charge in [0.2, 0.25) is 0 Å². The largest absolute Gasteiger partial charge is 0.494 e. The quantitative estimate of drug-likeness (QED) is 0.434. The predicted octanol–water partition coefficient (Wildman–Crippen LogP) is 4.03. The minimum atomic E-state index is 0.398. The van der Waals surface area contributed by atoms with E-state index in [4.69, 9.17) is 9.72 Å². The zero-order valence-corrected chi connectivity index (χ0v) is 17.9. The Morgan fingerprint density at radius 3 is 3.00 bits per heavy atom. The summed E-state index contributed by atoms with van der Waals surface area (Å²) in [6.07, 6.45) is 4.20. The summed E-state index contributed by atoms with van der Waals surface area (Å²) in [6.45, 7) is 6.67. The van der Waals surface area contributed by atoms with Gasteiger partial charge in [0.25, 0.3) is 0 Å². The van der Waals surface area contributed by atoms with Gasteiger partial charge in [-0.3, -0.25) is 4.90 Å². The number of fused-ring (bicyclic) bond motifs is 1. The number of ether oxygens (including phenoxy) is 1. The standard InChI is InChI=1S/C22H27N5OS/c1-4-13-29-22-25-24-21(26(22)2)17-8-6-12-27(14-17)15-18-11-10-16-7-5-9-19(28-3)20(16)23-18/h4-5,7,9-11,17H,1,6,8,12-15H2,2-3H3. The van der Waals surface area contributed by atoms with Gasteiger partial charge in [0.1, 0.15) is 17.1 Å². The molecule has 152 valence electrons. The van der Waals surface area contributed by atoms with Crippen molar-refractivity contribution >= 4 is 22.7 Å². The summed E-state index contributed by atoms with van der Waals surface area (Å²) in [5, 5.41) is 10.9. The Kier molecular flexibility index (Phi) is 6.16. The van der Waals surface area contributed by atoms with Crippen LogP contribution in [0, 0.1) is 0 Å². The maximum Gasteiger partial charge on any atom is 0.191 e. The highest BCUT2D eigenvalue weighted by Crippen LogP contribution is 2.29. The molecule has 1 unspecified atom stereocenters. The molecule has 1 fully saturated rings. The van der Waals surface area contributed by atoms with Gasteiger partial charge in [-0.2, -0.15) is 0 Å². The molecule has 0 amide bonds. The van der Waals surface area contributed by atoms with Crippen LogP contribution < -0.4 is 4.74 Å². The molecule has 29 heavy (non-hydrogen) atoms. The van der Waals surface area contributed by atoms with Crippen molar-refractivity contribution in [2.45, 2.75) is 30.5 Å². The number of rotatable bonds is 7. The topological polar surface area (TPSA) is 56.1 Å². The molecule has 0 spiro atoms. The second kappa shape index (κ2) is 8.97. The molecule has 3 aromatic rings. The zero-order chi connectivity index (χ0) is 20.2. The molecule has 1 aliphatic rings. The summed E-state index contributed by atoms with van der Waals surface area (Å²) >= 11 is 1.68. The Balaban J connectivity index is 1.49. The van der Waals surface area contributed by atoms with Crippen LogP contribution in [-0.2, 0) is 13.6 Å². The minimum Gasteiger partial charge on any atom is -0.494 e. The molecule has 3 heterocycles. The van der Waals surface area contributed by atoms with Crippen LogP contribution in [0.25, 0.3) is 10.9 Å². The lowest BCUT2D eigenvalue weighted by atomic mass is 9.97. The third kappa shape index (κ3) is 4.31. The molecule has 1 atom stereocenters. The molecule has 4 rings (SSSR count). The number of piperidine rings is 1. The lowest BCUT2D eigenvalue weighted by Gasteiger charge is -2.32. The molecule has 1 aliphatic heterocycles. The predicted molar refractivity (Wildman–Crippen MR) is 117 cm³/mol. The van der Waals surface area contributed by atoms with E-state index >= 15 is 0 Å². The molecule has 1 aromatic carbocycles. The van der Waals surface area contributed by atoms with Crippen molar-refractivity contribution in [1.82, 2.24) is 24.6 Å². The van der Waals surface area contributed by atoms with E-state index in [2.05, 4.69) is 51.5 Å². The third-order valence-corrected chi connectivity index (χ3v) is 6.43. The molecular formula is C22H27N5OS. The molecule has 7 heteroatoms. The van der Waals surface area contributed by atoms with E-state index in [0.717, 1.165) is 71.6 Å². The molecule has 1 saturated heterocycles. The number of hydrogen-bond donors (Lipinski definition) is 0. The Labute approximate surface area is 176 Å². The average Bonchev–Trinajstić information content (AvgIpc) is 3.12. The molecule has 0 N–H and O–H groups in total. The van der Waals surface area contributed by atoms with E-state index in [1.165, 1.54) is 0 Å². The number of thioether (sulfide) groups is 1. The molecule has 0 bridgehead atoms. The normalized spacial score (nSPS) is 17.5. The number of aromatic nitrogens is 4. The SMILES string of the molecule is C=CCSc1nnc(C2CCCN(Cc3ccc4cccc(OC)c4n3)C2)n1C. The lowest BCUT2D eigenvalue weighted by Crippen LogP contribution is -2.35. The van der Waals surface area contributed by atoms with Crippen LogP contribution in [0.5, 0.6) is 5.75 Å². The van der Waals surface area contributed by atoms with Crippen LogP contribution in [0.4, 0.5) is 0 Å². The second-order valence-corrected chi connectivity index (χ2v) is 8.40. The first kappa shape index (κ1) is 19.9. The molecular weight excluding hydrogens is 382 g/mol. The van der Waals surface area contributed by atoms with Crippen molar-refractivity contribution in [3.63, 3.8) is 0 Å². The highest BCUT2D eigenvalue weighted by Gasteiger charge is 2.26. The van der Waals surface area contributed by atoms with E-state index in [1.54, 1.807) is 18.9 Å². The van der Waals surface area contributed by atoms with Crippen LogP contribution in [0.3, 0.4) is 0 Å². The summed E-state index contributed by atoms with van der Waals surface area (Å²) < 4.78 is 7.63. The van der Waals surface area contributed by atoms with Crippen LogP contribution in [0.2, 0.25) is 0 Å². The molecule has 0 aliphatic carbocycles. The fourth-order valence-electron chi connectivity index (χ4n) is 3.99. The maximum absolute atomic E-state index is 5.49. The second-order valence-electron chi connectivity index (χ2n) is 7.41. The highest BCUT2D eigenvalue weighted by atomic mass is 32.2. The van der Waals surface area contributed by atoms with E-state index in [0.29, 0.717) is 5.92 Å². The smallest absolute Gasteiger partial charge is 0.191 e. The van der Waals surface area contributed by atoms with Crippen molar-refractivity contribution in [2.75, 3.05) is 26.0 Å². The summed E-state index contributed by atoms with van der Waals surface area (Å²) in [5.41, 5.74) is 2.00. The van der Waals surface area contributed by atoms with Gasteiger partial charge in [-0.05, 0) is 31.5 Å². The van der Waals surface area contributed by atoms with Crippen molar-refractivity contribution in [3.8, 4) is 5.75 Å². The number of methoxy groups -OCH3 is 1. The van der Waals surface area contributed by atoms with Crippen LogP contribution in [-0.4, -0.2) is 50.6 Å². The fraction of sp³-hybridized carbons (Fsp3) is 0.409. The van der Waals surface area contributed by atoms with Gasteiger partial charge in [-0.15, -0.1) is 16.8 Å². The van der Waals surface area contributed by atoms with Gasteiger partial charge in [0.15, 0.2) is 5.16 Å². The van der Waals surface area contributed by atoms with Gasteiger partial charge in [-0.25, -0.2) is 4.98 Å². The summed E-state index contributed by atoms with van der Waals surface area (Å²) in [4.78, 5) is 7.36. The molecule has 0 radical (unpaired) electrons. The average molecular weight is 410 g/mol. The van der Waals surface area contributed by atoms with Crippen molar-refractivity contribution < 1.29 is 4.74 Å². The number of likely N-dealkylation sites (tertiary alicyclic amines) is 1. The monoisotopic (exact) mass is 409 g/mol. The van der Waals surface area contributed by atoms with E-state index in [-0.39, 0.29) is 0 Å². The summed E-state index contributed by atoms with van der Waals surface area (Å²) in [5.74, 6) is 3.15. The number of pyridine rings is 1. The van der Waals surface area contributed by atoms with Crippen LogP contribution >= 0.6 is 11.8 Å². The Bertz CT molecular complexity index is 1000. The van der Waals surface area contributed by atoms with Crippen LogP contribution in [0.1, 0.15) is 30.3 Å². The Hall–Kier alpha value is -2.38. The number of hydrogen-bond acceptors (Lipinski definition) is 6. The van der Waals surface area contributed by atoms with E-state index in [1.807, 2.05) is 18.2 Å². The number of para-hydroxylation sites is 1. The molecule has 6 nitrogen and oxygen atoms in total. The molecule has 2 aromatic heterocycles. The first-order valence-corrected chi connectivity index (χ1v) is 11.0. The van der Waals surface area contributed by atoms with E-state index < -0.39 is 0 Å².